The Morgan fingerprint density at radius 1 is 1.15 bits per heavy atom. The van der Waals surface area contributed by atoms with Crippen LogP contribution < -0.4 is 10.1 Å². The van der Waals surface area contributed by atoms with Crippen molar-refractivity contribution < 1.29 is 4.74 Å². The molecule has 11 nitrogen and oxygen atoms in total. The normalized spacial score (nSPS) is 15.6. The van der Waals surface area contributed by atoms with Crippen LogP contribution in [0.4, 0.5) is 0 Å². The fourth-order valence-electron chi connectivity index (χ4n) is 4.37. The number of fused-ring (bicyclic) bond motifs is 1. The predicted octanol–water partition coefficient (Wildman–Crippen LogP) is 3.01. The van der Waals surface area contributed by atoms with Gasteiger partial charge in [-0.05, 0) is 59.7 Å². The minimum absolute atomic E-state index is 0.203. The number of rotatable bonds is 6. The minimum Gasteiger partial charge on any atom is -0.482 e. The number of hydrogen-bond acceptors (Lipinski definition) is 8. The average molecular weight is 461 g/mol. The van der Waals surface area contributed by atoms with E-state index in [0.29, 0.717) is 28.6 Å². The quantitative estimate of drug-likeness (QED) is 0.466. The van der Waals surface area contributed by atoms with Crippen LogP contribution in [0.3, 0.4) is 0 Å². The molecule has 0 aliphatic carbocycles. The maximum Gasteiger partial charge on any atom is 0.148 e. The van der Waals surface area contributed by atoms with Gasteiger partial charge in [0.05, 0.1) is 24.1 Å². The molecular weight excluding hydrogens is 432 g/mol. The molecule has 1 atom stereocenters. The van der Waals surface area contributed by atoms with E-state index in [1.54, 1.807) is 15.4 Å². The van der Waals surface area contributed by atoms with Gasteiger partial charge in [0, 0.05) is 17.8 Å². The Hall–Kier alpha value is -3.78. The number of ether oxygens (including phenoxy) is 1. The van der Waals surface area contributed by atoms with E-state index >= 15 is 0 Å². The van der Waals surface area contributed by atoms with Crippen LogP contribution in [0.2, 0.25) is 0 Å². The van der Waals surface area contributed by atoms with Crippen LogP contribution in [0.25, 0.3) is 16.8 Å². The summed E-state index contributed by atoms with van der Waals surface area (Å²) >= 11 is 0. The molecule has 0 amide bonds. The molecule has 1 fully saturated rings. The molecule has 4 aromatic rings. The van der Waals surface area contributed by atoms with Gasteiger partial charge >= 0.3 is 0 Å². The first-order valence-corrected chi connectivity index (χ1v) is 11.6. The van der Waals surface area contributed by atoms with E-state index in [9.17, 15) is 5.26 Å². The van der Waals surface area contributed by atoms with Crippen molar-refractivity contribution in [3.8, 4) is 23.1 Å². The van der Waals surface area contributed by atoms with Gasteiger partial charge in [0.15, 0.2) is 0 Å². The number of nitrogens with one attached hydrogen (secondary N) is 1. The lowest BCUT2D eigenvalue weighted by Crippen LogP contribution is -2.30. The van der Waals surface area contributed by atoms with Crippen LogP contribution in [0, 0.1) is 18.3 Å². The molecule has 1 aliphatic heterocycles. The Kier molecular flexibility index (Phi) is 5.75. The Labute approximate surface area is 197 Å². The van der Waals surface area contributed by atoms with Crippen LogP contribution >= 0.6 is 0 Å². The molecule has 0 spiro atoms. The van der Waals surface area contributed by atoms with Gasteiger partial charge < -0.3 is 10.1 Å². The molecule has 5 heterocycles. The third kappa shape index (κ3) is 3.90. The van der Waals surface area contributed by atoms with Gasteiger partial charge in [-0.1, -0.05) is 10.4 Å². The van der Waals surface area contributed by atoms with E-state index in [-0.39, 0.29) is 12.1 Å². The fraction of sp³-hybridized carbons (Fsp3) is 0.478. The molecule has 1 aliphatic rings. The van der Waals surface area contributed by atoms with Crippen LogP contribution in [-0.4, -0.2) is 52.7 Å². The number of hydrogen-bond donors (Lipinski definition) is 1. The summed E-state index contributed by atoms with van der Waals surface area (Å²) in [4.78, 5) is 0. The zero-order chi connectivity index (χ0) is 23.8. The monoisotopic (exact) mass is 460 g/mol. The molecule has 0 saturated carbocycles. The molecule has 11 heteroatoms. The molecular formula is C23H28N10O. The predicted molar refractivity (Wildman–Crippen MR) is 124 cm³/mol. The molecule has 34 heavy (non-hydrogen) atoms. The van der Waals surface area contributed by atoms with Crippen molar-refractivity contribution >= 4 is 5.52 Å². The number of piperidine rings is 1. The highest BCUT2D eigenvalue weighted by atomic mass is 16.5. The standard InChI is InChI=1S/C23H28N10O/c1-14(2)31-13-20(27-29-31)16(4)34-21-9-17(12-32-23(21)18(10-24)11-26-32)22-15(3)33(30-28-22)19-5-7-25-8-6-19/h9,11-14,16,19,25H,5-8H2,1-4H3. The van der Waals surface area contributed by atoms with Crippen molar-refractivity contribution in [2.24, 2.45) is 0 Å². The van der Waals surface area contributed by atoms with Crippen LogP contribution in [0.1, 0.15) is 68.8 Å². The lowest BCUT2D eigenvalue weighted by molar-refractivity contribution is 0.224. The van der Waals surface area contributed by atoms with Gasteiger partial charge in [0.1, 0.15) is 40.4 Å². The summed E-state index contributed by atoms with van der Waals surface area (Å²) in [5.74, 6) is 0.536. The lowest BCUT2D eigenvalue weighted by Gasteiger charge is -2.23. The number of nitrogens with zero attached hydrogens (tertiary/aromatic N) is 9. The Balaban J connectivity index is 1.54. The zero-order valence-electron chi connectivity index (χ0n) is 19.8. The first-order valence-electron chi connectivity index (χ1n) is 11.6. The second-order valence-corrected chi connectivity index (χ2v) is 8.98. The van der Waals surface area contributed by atoms with Crippen LogP contribution in [0.5, 0.6) is 5.75 Å². The summed E-state index contributed by atoms with van der Waals surface area (Å²) < 4.78 is 11.8. The van der Waals surface area contributed by atoms with Crippen LogP contribution in [-0.2, 0) is 0 Å². The van der Waals surface area contributed by atoms with Gasteiger partial charge in [-0.2, -0.15) is 10.4 Å². The molecule has 1 unspecified atom stereocenters. The first kappa shape index (κ1) is 22.0. The zero-order valence-corrected chi connectivity index (χ0v) is 19.8. The van der Waals surface area contributed by atoms with E-state index in [1.165, 1.54) is 0 Å². The van der Waals surface area contributed by atoms with E-state index < -0.39 is 0 Å². The fourth-order valence-corrected chi connectivity index (χ4v) is 4.37. The lowest BCUT2D eigenvalue weighted by atomic mass is 10.1. The number of pyridine rings is 1. The summed E-state index contributed by atoms with van der Waals surface area (Å²) in [7, 11) is 0. The van der Waals surface area contributed by atoms with Gasteiger partial charge in [0.2, 0.25) is 0 Å². The highest BCUT2D eigenvalue weighted by molar-refractivity contribution is 5.74. The Bertz CT molecular complexity index is 1350. The second kappa shape index (κ2) is 8.87. The molecule has 5 rings (SSSR count). The van der Waals surface area contributed by atoms with Crippen molar-refractivity contribution in [2.45, 2.75) is 58.7 Å². The van der Waals surface area contributed by atoms with E-state index in [4.69, 9.17) is 4.74 Å². The maximum atomic E-state index is 9.63. The maximum absolute atomic E-state index is 9.63. The molecule has 4 aromatic heterocycles. The Morgan fingerprint density at radius 2 is 1.94 bits per heavy atom. The van der Waals surface area contributed by atoms with Crippen molar-refractivity contribution in [2.75, 3.05) is 13.1 Å². The summed E-state index contributed by atoms with van der Waals surface area (Å²) in [6.45, 7) is 10.0. The molecule has 176 valence electrons. The first-order chi connectivity index (χ1) is 16.5. The largest absolute Gasteiger partial charge is 0.482 e. The van der Waals surface area contributed by atoms with Crippen molar-refractivity contribution in [1.29, 1.82) is 5.26 Å². The third-order valence-corrected chi connectivity index (χ3v) is 6.33. The second-order valence-electron chi connectivity index (χ2n) is 8.98. The van der Waals surface area contributed by atoms with Crippen molar-refractivity contribution in [3.05, 3.63) is 41.6 Å². The SMILES string of the molecule is Cc1c(-c2cc(OC(C)c3cn(C(C)C)nn3)c3c(C#N)cnn3c2)nnn1C1CCNCC1. The van der Waals surface area contributed by atoms with Crippen molar-refractivity contribution in [1.82, 2.24) is 44.9 Å². The molecule has 1 N–H and O–H groups in total. The molecule has 0 aromatic carbocycles. The topological polar surface area (TPSA) is 124 Å². The molecule has 0 bridgehead atoms. The van der Waals surface area contributed by atoms with E-state index in [2.05, 4.69) is 37.1 Å². The summed E-state index contributed by atoms with van der Waals surface area (Å²) in [6, 6.07) is 4.65. The highest BCUT2D eigenvalue weighted by Crippen LogP contribution is 2.34. The highest BCUT2D eigenvalue weighted by Gasteiger charge is 2.23. The van der Waals surface area contributed by atoms with Crippen LogP contribution in [0.15, 0.2) is 24.7 Å². The summed E-state index contributed by atoms with van der Waals surface area (Å²) in [5, 5.41) is 34.8. The number of aromatic nitrogens is 8. The third-order valence-electron chi connectivity index (χ3n) is 6.33. The molecule has 1 saturated heterocycles. The number of nitriles is 1. The molecule has 0 radical (unpaired) electrons. The smallest absolute Gasteiger partial charge is 0.148 e. The van der Waals surface area contributed by atoms with E-state index in [0.717, 1.165) is 42.9 Å². The Morgan fingerprint density at radius 3 is 2.65 bits per heavy atom. The van der Waals surface area contributed by atoms with Gasteiger partial charge in [0.25, 0.3) is 0 Å². The summed E-state index contributed by atoms with van der Waals surface area (Å²) in [6.07, 6.45) is 6.97. The van der Waals surface area contributed by atoms with Crippen molar-refractivity contribution in [3.63, 3.8) is 0 Å². The van der Waals surface area contributed by atoms with Gasteiger partial charge in [-0.15, -0.1) is 10.2 Å². The van der Waals surface area contributed by atoms with Gasteiger partial charge in [-0.25, -0.2) is 13.9 Å². The van der Waals surface area contributed by atoms with E-state index in [1.807, 2.05) is 50.8 Å². The average Bonchev–Trinajstić information content (AvgIpc) is 3.57. The van der Waals surface area contributed by atoms with Gasteiger partial charge in [-0.3, -0.25) is 0 Å². The minimum atomic E-state index is -0.375. The summed E-state index contributed by atoms with van der Waals surface area (Å²) in [5.41, 5.74) is 4.36.